The van der Waals surface area contributed by atoms with Gasteiger partial charge in [-0.3, -0.25) is 9.79 Å². The predicted octanol–water partition coefficient (Wildman–Crippen LogP) is 4.19. The zero-order valence-electron chi connectivity index (χ0n) is 16.6. The minimum atomic E-state index is -0.0476. The summed E-state index contributed by atoms with van der Waals surface area (Å²) in [6, 6.07) is 7.95. The fourth-order valence-corrected chi connectivity index (χ4v) is 2.69. The lowest BCUT2D eigenvalue weighted by atomic mass is 9.99. The molecule has 0 aliphatic heterocycles. The number of anilines is 1. The Balaban J connectivity index is 0.00000625. The second-order valence-corrected chi connectivity index (χ2v) is 6.42. The molecule has 0 aliphatic carbocycles. The molecule has 1 amide bonds. The molecule has 1 atom stereocenters. The lowest BCUT2D eigenvalue weighted by Gasteiger charge is -2.18. The van der Waals surface area contributed by atoms with Gasteiger partial charge in [-0.05, 0) is 36.5 Å². The van der Waals surface area contributed by atoms with Crippen molar-refractivity contribution in [3.63, 3.8) is 0 Å². The van der Waals surface area contributed by atoms with E-state index in [9.17, 15) is 4.79 Å². The number of guanidine groups is 1. The highest BCUT2D eigenvalue weighted by molar-refractivity contribution is 14.0. The molecule has 0 aliphatic rings. The molecule has 0 fully saturated rings. The van der Waals surface area contributed by atoms with Crippen LogP contribution in [0, 0.1) is 5.92 Å². The molecule has 1 unspecified atom stereocenters. The van der Waals surface area contributed by atoms with Gasteiger partial charge in [0.05, 0.1) is 0 Å². The molecule has 1 aromatic carbocycles. The molecule has 0 radical (unpaired) electrons. The molecule has 0 bridgehead atoms. The van der Waals surface area contributed by atoms with Crippen molar-refractivity contribution in [1.29, 1.82) is 0 Å². The molecule has 0 aromatic heterocycles. The van der Waals surface area contributed by atoms with Crippen LogP contribution < -0.4 is 16.0 Å². The van der Waals surface area contributed by atoms with Gasteiger partial charge in [0.2, 0.25) is 5.91 Å². The monoisotopic (exact) mass is 474 g/mol. The summed E-state index contributed by atoms with van der Waals surface area (Å²) in [4.78, 5) is 15.3. The van der Waals surface area contributed by atoms with E-state index in [2.05, 4.69) is 34.8 Å². The Morgan fingerprint density at radius 3 is 2.38 bits per heavy atom. The van der Waals surface area contributed by atoms with E-state index < -0.39 is 0 Å². The van der Waals surface area contributed by atoms with Crippen LogP contribution in [0.1, 0.15) is 52.0 Å². The van der Waals surface area contributed by atoms with E-state index in [1.54, 1.807) is 0 Å². The lowest BCUT2D eigenvalue weighted by molar-refractivity contribution is -0.114. The Kier molecular flexibility index (Phi) is 14.1. The van der Waals surface area contributed by atoms with Gasteiger partial charge in [-0.2, -0.15) is 0 Å². The van der Waals surface area contributed by atoms with Crippen molar-refractivity contribution >= 4 is 41.5 Å². The third kappa shape index (κ3) is 10.6. The van der Waals surface area contributed by atoms with Gasteiger partial charge in [-0.1, -0.05) is 45.2 Å². The van der Waals surface area contributed by atoms with Crippen LogP contribution >= 0.6 is 24.0 Å². The molecule has 26 heavy (non-hydrogen) atoms. The van der Waals surface area contributed by atoms with E-state index in [1.807, 2.05) is 31.3 Å². The largest absolute Gasteiger partial charge is 0.356 e. The molecule has 1 aromatic rings. The number of hydrogen-bond donors (Lipinski definition) is 3. The average Bonchev–Trinajstić information content (AvgIpc) is 2.61. The molecule has 0 spiro atoms. The average molecular weight is 474 g/mol. The van der Waals surface area contributed by atoms with Crippen molar-refractivity contribution in [2.45, 2.75) is 52.9 Å². The van der Waals surface area contributed by atoms with E-state index in [-0.39, 0.29) is 29.9 Å². The molecule has 6 heteroatoms. The highest BCUT2D eigenvalue weighted by Gasteiger charge is 2.07. The first-order chi connectivity index (χ1) is 12.1. The summed E-state index contributed by atoms with van der Waals surface area (Å²) in [6.07, 6.45) is 5.93. The number of rotatable bonds is 10. The molecule has 5 nitrogen and oxygen atoms in total. The van der Waals surface area contributed by atoms with Gasteiger partial charge in [-0.25, -0.2) is 0 Å². The number of carbonyl (C=O) groups excluding carboxylic acids is 1. The topological polar surface area (TPSA) is 65.5 Å². The zero-order valence-corrected chi connectivity index (χ0v) is 18.9. The molecule has 0 saturated carbocycles. The second-order valence-electron chi connectivity index (χ2n) is 6.42. The molecule has 1 rings (SSSR count). The Morgan fingerprint density at radius 1 is 1.15 bits per heavy atom. The number of hydrogen-bond acceptors (Lipinski definition) is 2. The third-order valence-electron chi connectivity index (χ3n) is 4.31. The second kappa shape index (κ2) is 14.8. The van der Waals surface area contributed by atoms with E-state index in [0.717, 1.165) is 31.2 Å². The van der Waals surface area contributed by atoms with Crippen molar-refractivity contribution in [3.05, 3.63) is 29.8 Å². The lowest BCUT2D eigenvalue weighted by Crippen LogP contribution is -2.40. The molecular weight excluding hydrogens is 439 g/mol. The number of amides is 1. The van der Waals surface area contributed by atoms with Crippen LogP contribution in [0.15, 0.2) is 29.3 Å². The maximum absolute atomic E-state index is 11.0. The Labute approximate surface area is 175 Å². The SMILES string of the molecule is CCCCC(CC)CNC(=NC)NCCc1ccc(NC(C)=O)cc1.I. The van der Waals surface area contributed by atoms with Crippen LogP contribution in [0.2, 0.25) is 0 Å². The number of nitrogens with one attached hydrogen (secondary N) is 3. The minimum absolute atomic E-state index is 0. The first-order valence-corrected chi connectivity index (χ1v) is 9.40. The fourth-order valence-electron chi connectivity index (χ4n) is 2.69. The van der Waals surface area contributed by atoms with Gasteiger partial charge in [0.25, 0.3) is 0 Å². The van der Waals surface area contributed by atoms with Gasteiger partial charge < -0.3 is 16.0 Å². The smallest absolute Gasteiger partial charge is 0.221 e. The van der Waals surface area contributed by atoms with Gasteiger partial charge >= 0.3 is 0 Å². The molecule has 0 saturated heterocycles. The van der Waals surface area contributed by atoms with Crippen molar-refractivity contribution < 1.29 is 4.79 Å². The van der Waals surface area contributed by atoms with Gasteiger partial charge in [0.15, 0.2) is 5.96 Å². The first kappa shape index (κ1) is 24.7. The number of benzene rings is 1. The number of carbonyl (C=O) groups is 1. The Hall–Kier alpha value is -1.31. The maximum atomic E-state index is 11.0. The normalized spacial score (nSPS) is 12.1. The summed E-state index contributed by atoms with van der Waals surface area (Å²) in [5.41, 5.74) is 2.06. The summed E-state index contributed by atoms with van der Waals surface area (Å²) in [5.74, 6) is 1.53. The van der Waals surface area contributed by atoms with Crippen molar-refractivity contribution in [3.8, 4) is 0 Å². The van der Waals surface area contributed by atoms with Gasteiger partial charge in [0.1, 0.15) is 0 Å². The molecule has 148 valence electrons. The summed E-state index contributed by atoms with van der Waals surface area (Å²) in [7, 11) is 1.81. The van der Waals surface area contributed by atoms with E-state index in [4.69, 9.17) is 0 Å². The van der Waals surface area contributed by atoms with Crippen LogP contribution in [0.5, 0.6) is 0 Å². The minimum Gasteiger partial charge on any atom is -0.356 e. The predicted molar refractivity (Wildman–Crippen MR) is 123 cm³/mol. The van der Waals surface area contributed by atoms with Crippen molar-refractivity contribution in [2.24, 2.45) is 10.9 Å². The van der Waals surface area contributed by atoms with Crippen molar-refractivity contribution in [2.75, 3.05) is 25.5 Å². The number of aliphatic imine (C=N–C) groups is 1. The van der Waals surface area contributed by atoms with E-state index in [1.165, 1.54) is 38.2 Å². The van der Waals surface area contributed by atoms with Crippen LogP contribution in [0.4, 0.5) is 5.69 Å². The quantitative estimate of drug-likeness (QED) is 0.271. The van der Waals surface area contributed by atoms with Crippen LogP contribution in [0.3, 0.4) is 0 Å². The summed E-state index contributed by atoms with van der Waals surface area (Å²) in [6.45, 7) is 7.81. The van der Waals surface area contributed by atoms with Crippen LogP contribution in [-0.4, -0.2) is 32.0 Å². The fraction of sp³-hybridized carbons (Fsp3) is 0.600. The summed E-state index contributed by atoms with van der Waals surface area (Å²) < 4.78 is 0. The van der Waals surface area contributed by atoms with E-state index >= 15 is 0 Å². The number of halogens is 1. The maximum Gasteiger partial charge on any atom is 0.221 e. The number of nitrogens with zero attached hydrogens (tertiary/aromatic N) is 1. The van der Waals surface area contributed by atoms with Gasteiger partial charge in [-0.15, -0.1) is 24.0 Å². The highest BCUT2D eigenvalue weighted by Crippen LogP contribution is 2.11. The molecule has 0 heterocycles. The van der Waals surface area contributed by atoms with Crippen LogP contribution in [0.25, 0.3) is 0 Å². The van der Waals surface area contributed by atoms with Crippen molar-refractivity contribution in [1.82, 2.24) is 10.6 Å². The number of unbranched alkanes of at least 4 members (excludes halogenated alkanes) is 1. The zero-order chi connectivity index (χ0) is 18.5. The first-order valence-electron chi connectivity index (χ1n) is 9.40. The standard InChI is InChI=1S/C20H34N4O.HI/c1-5-7-8-17(6-2)15-23-20(21-4)22-14-13-18-9-11-19(12-10-18)24-16(3)25;/h9-12,17H,5-8,13-15H2,1-4H3,(H,24,25)(H2,21,22,23);1H. The Morgan fingerprint density at radius 2 is 1.85 bits per heavy atom. The van der Waals surface area contributed by atoms with Crippen LogP contribution in [-0.2, 0) is 11.2 Å². The Bertz CT molecular complexity index is 531. The summed E-state index contributed by atoms with van der Waals surface area (Å²) >= 11 is 0. The third-order valence-corrected chi connectivity index (χ3v) is 4.31. The highest BCUT2D eigenvalue weighted by atomic mass is 127. The summed E-state index contributed by atoms with van der Waals surface area (Å²) in [5, 5.41) is 9.59. The molecular formula is C20H35IN4O. The van der Waals surface area contributed by atoms with Gasteiger partial charge in [0, 0.05) is 32.7 Å². The van der Waals surface area contributed by atoms with E-state index in [0.29, 0.717) is 5.92 Å². The molecule has 3 N–H and O–H groups in total.